The van der Waals surface area contributed by atoms with Crippen molar-refractivity contribution in [2.75, 3.05) is 19.0 Å². The second-order valence-corrected chi connectivity index (χ2v) is 6.46. The average molecular weight is 373 g/mol. The second kappa shape index (κ2) is 7.28. The maximum atomic E-state index is 12.6. The van der Waals surface area contributed by atoms with Gasteiger partial charge in [0, 0.05) is 21.1 Å². The Morgan fingerprint density at radius 2 is 2.00 bits per heavy atom. The third-order valence-electron chi connectivity index (χ3n) is 4.40. The molecule has 0 radical (unpaired) electrons. The lowest BCUT2D eigenvalue weighted by Crippen LogP contribution is -2.38. The molecule has 0 saturated carbocycles. The van der Waals surface area contributed by atoms with E-state index in [0.717, 1.165) is 10.1 Å². The molecule has 9 heteroatoms. The molecule has 2 N–H and O–H groups in total. The van der Waals surface area contributed by atoms with Gasteiger partial charge in [0.05, 0.1) is 6.54 Å². The van der Waals surface area contributed by atoms with Gasteiger partial charge in [-0.3, -0.25) is 13.9 Å². The zero-order chi connectivity index (χ0) is 19.7. The van der Waals surface area contributed by atoms with Gasteiger partial charge in [-0.05, 0) is 24.6 Å². The predicted octanol–water partition coefficient (Wildman–Crippen LogP) is 0.224. The molecular weight excluding hydrogens is 350 g/mol. The van der Waals surface area contributed by atoms with Crippen LogP contribution in [0, 0.1) is 6.92 Å². The number of ether oxygens (including phenoxy) is 1. The van der Waals surface area contributed by atoms with Crippen molar-refractivity contribution in [2.24, 2.45) is 14.1 Å². The highest BCUT2D eigenvalue weighted by molar-refractivity contribution is 5.74. The van der Waals surface area contributed by atoms with Crippen LogP contribution >= 0.6 is 0 Å². The molecule has 1 atom stereocenters. The van der Waals surface area contributed by atoms with Crippen molar-refractivity contribution in [3.8, 4) is 5.75 Å². The average Bonchev–Trinajstić information content (AvgIpc) is 3.01. The molecule has 27 heavy (non-hydrogen) atoms. The Bertz CT molecular complexity index is 1100. The molecule has 0 bridgehead atoms. The largest absolute Gasteiger partial charge is 0.491 e. The van der Waals surface area contributed by atoms with Gasteiger partial charge in [0.15, 0.2) is 11.2 Å². The fraction of sp³-hybridized carbons (Fsp3) is 0.389. The van der Waals surface area contributed by atoms with E-state index in [4.69, 9.17) is 4.74 Å². The summed E-state index contributed by atoms with van der Waals surface area (Å²) in [7, 11) is 4.63. The maximum absolute atomic E-state index is 12.6. The summed E-state index contributed by atoms with van der Waals surface area (Å²) in [6, 6.07) is 7.53. The highest BCUT2D eigenvalue weighted by Crippen LogP contribution is 2.17. The Morgan fingerprint density at radius 1 is 1.26 bits per heavy atom. The first-order valence-corrected chi connectivity index (χ1v) is 8.55. The Hall–Kier alpha value is -3.07. The number of nitrogens with one attached hydrogen (secondary N) is 1. The number of anilines is 1. The number of fused-ring (bicyclic) bond motifs is 1. The molecule has 2 heterocycles. The predicted molar refractivity (Wildman–Crippen MR) is 102 cm³/mol. The number of benzene rings is 1. The van der Waals surface area contributed by atoms with Crippen LogP contribution in [-0.4, -0.2) is 43.6 Å². The molecule has 0 fully saturated rings. The fourth-order valence-corrected chi connectivity index (χ4v) is 2.98. The Kier molecular flexibility index (Phi) is 5.04. The Labute approximate surface area is 155 Å². The van der Waals surface area contributed by atoms with Gasteiger partial charge in [0.1, 0.15) is 18.5 Å². The van der Waals surface area contributed by atoms with Crippen molar-refractivity contribution < 1.29 is 9.84 Å². The van der Waals surface area contributed by atoms with E-state index in [9.17, 15) is 14.7 Å². The molecule has 2 aromatic heterocycles. The molecule has 0 amide bonds. The molecule has 0 spiro atoms. The molecule has 0 aliphatic carbocycles. The van der Waals surface area contributed by atoms with Crippen LogP contribution in [0.3, 0.4) is 0 Å². The van der Waals surface area contributed by atoms with E-state index in [1.165, 1.54) is 11.6 Å². The fourth-order valence-electron chi connectivity index (χ4n) is 2.98. The molecule has 144 valence electrons. The van der Waals surface area contributed by atoms with Crippen molar-refractivity contribution in [1.82, 2.24) is 18.7 Å². The van der Waals surface area contributed by atoms with Gasteiger partial charge in [-0.2, -0.15) is 4.98 Å². The van der Waals surface area contributed by atoms with E-state index < -0.39 is 17.4 Å². The molecule has 0 aliphatic heterocycles. The number of nitrogens with zero attached hydrogens (tertiary/aromatic N) is 4. The summed E-state index contributed by atoms with van der Waals surface area (Å²) in [5.74, 6) is 1.05. The van der Waals surface area contributed by atoms with Gasteiger partial charge < -0.3 is 19.7 Å². The highest BCUT2D eigenvalue weighted by atomic mass is 16.5. The smallest absolute Gasteiger partial charge is 0.332 e. The first kappa shape index (κ1) is 18.7. The topological polar surface area (TPSA) is 103 Å². The SMILES string of the molecule is CNc1nc2c(c(=O)n(C)c(=O)n2C)n1CC(O)COc1cccc(C)c1. The molecular formula is C18H23N5O4. The van der Waals surface area contributed by atoms with E-state index in [2.05, 4.69) is 10.3 Å². The normalized spacial score (nSPS) is 12.3. The molecule has 0 saturated heterocycles. The standard InChI is InChI=1S/C18H23N5O4/c1-11-6-5-7-13(8-11)27-10-12(24)9-23-14-15(20-17(23)19-2)21(3)18(26)22(4)16(14)25/h5-8,12,24H,9-10H2,1-4H3,(H,19,20). The minimum Gasteiger partial charge on any atom is -0.491 e. The zero-order valence-electron chi connectivity index (χ0n) is 15.8. The minimum atomic E-state index is -0.878. The monoisotopic (exact) mass is 373 g/mol. The highest BCUT2D eigenvalue weighted by Gasteiger charge is 2.20. The lowest BCUT2D eigenvalue weighted by atomic mass is 10.2. The number of imidazole rings is 1. The summed E-state index contributed by atoms with van der Waals surface area (Å²) in [4.78, 5) is 29.0. The summed E-state index contributed by atoms with van der Waals surface area (Å²) in [6.45, 7) is 2.10. The zero-order valence-corrected chi connectivity index (χ0v) is 15.8. The number of hydrogen-bond acceptors (Lipinski definition) is 6. The van der Waals surface area contributed by atoms with Gasteiger partial charge >= 0.3 is 5.69 Å². The number of aryl methyl sites for hydroxylation is 2. The molecule has 3 rings (SSSR count). The summed E-state index contributed by atoms with van der Waals surface area (Å²) < 4.78 is 9.54. The summed E-state index contributed by atoms with van der Waals surface area (Å²) in [5.41, 5.74) is 0.652. The van der Waals surface area contributed by atoms with Gasteiger partial charge in [0.25, 0.3) is 5.56 Å². The lowest BCUT2D eigenvalue weighted by molar-refractivity contribution is 0.0938. The van der Waals surface area contributed by atoms with Crippen LogP contribution in [0.5, 0.6) is 5.75 Å². The number of aliphatic hydroxyl groups excluding tert-OH is 1. The summed E-state index contributed by atoms with van der Waals surface area (Å²) in [5, 5.41) is 13.3. The molecule has 9 nitrogen and oxygen atoms in total. The number of hydrogen-bond donors (Lipinski definition) is 2. The third kappa shape index (κ3) is 3.45. The minimum absolute atomic E-state index is 0.0539. The van der Waals surface area contributed by atoms with Crippen LogP contribution in [0.2, 0.25) is 0 Å². The third-order valence-corrected chi connectivity index (χ3v) is 4.40. The van der Waals surface area contributed by atoms with Crippen LogP contribution in [-0.2, 0) is 20.6 Å². The number of aliphatic hydroxyl groups is 1. The van der Waals surface area contributed by atoms with Crippen LogP contribution < -0.4 is 21.3 Å². The van der Waals surface area contributed by atoms with E-state index in [0.29, 0.717) is 11.7 Å². The van der Waals surface area contributed by atoms with Crippen LogP contribution in [0.25, 0.3) is 11.2 Å². The first-order valence-electron chi connectivity index (χ1n) is 8.55. The Morgan fingerprint density at radius 3 is 2.67 bits per heavy atom. The Balaban J connectivity index is 1.92. The quantitative estimate of drug-likeness (QED) is 0.641. The van der Waals surface area contributed by atoms with E-state index in [1.54, 1.807) is 18.7 Å². The summed E-state index contributed by atoms with van der Waals surface area (Å²) >= 11 is 0. The first-order chi connectivity index (χ1) is 12.8. The van der Waals surface area contributed by atoms with Crippen molar-refractivity contribution >= 4 is 17.1 Å². The summed E-state index contributed by atoms with van der Waals surface area (Å²) in [6.07, 6.45) is -0.878. The van der Waals surface area contributed by atoms with Gasteiger partial charge in [-0.15, -0.1) is 0 Å². The van der Waals surface area contributed by atoms with E-state index in [1.807, 2.05) is 31.2 Å². The van der Waals surface area contributed by atoms with Crippen molar-refractivity contribution in [3.05, 3.63) is 50.7 Å². The lowest BCUT2D eigenvalue weighted by Gasteiger charge is -2.15. The van der Waals surface area contributed by atoms with Crippen molar-refractivity contribution in [3.63, 3.8) is 0 Å². The van der Waals surface area contributed by atoms with Crippen LogP contribution in [0.15, 0.2) is 33.9 Å². The van der Waals surface area contributed by atoms with Gasteiger partial charge in [0.2, 0.25) is 5.95 Å². The van der Waals surface area contributed by atoms with Gasteiger partial charge in [-0.1, -0.05) is 12.1 Å². The molecule has 1 unspecified atom stereocenters. The van der Waals surface area contributed by atoms with Crippen LogP contribution in [0.4, 0.5) is 5.95 Å². The second-order valence-electron chi connectivity index (χ2n) is 6.46. The number of rotatable bonds is 6. The molecule has 3 aromatic rings. The van der Waals surface area contributed by atoms with Crippen molar-refractivity contribution in [2.45, 2.75) is 19.6 Å². The maximum Gasteiger partial charge on any atom is 0.332 e. The van der Waals surface area contributed by atoms with E-state index in [-0.39, 0.29) is 24.3 Å². The van der Waals surface area contributed by atoms with Gasteiger partial charge in [-0.25, -0.2) is 4.79 Å². The van der Waals surface area contributed by atoms with Crippen LogP contribution in [0.1, 0.15) is 5.56 Å². The van der Waals surface area contributed by atoms with E-state index >= 15 is 0 Å². The number of aromatic nitrogens is 4. The molecule has 0 aliphatic rings. The molecule has 1 aromatic carbocycles. The van der Waals surface area contributed by atoms with Crippen molar-refractivity contribution in [1.29, 1.82) is 0 Å².